The molecule has 0 fully saturated rings. The lowest BCUT2D eigenvalue weighted by molar-refractivity contribution is -0.121. The SMILES string of the molecule is O=C(CCC(=O)c1ccc(Cl)s1)NCc1ccc(Oc2cccnc2)c(F)c1. The van der Waals surface area contributed by atoms with E-state index in [2.05, 4.69) is 10.3 Å². The molecule has 0 aliphatic carbocycles. The molecule has 3 aromatic rings. The molecule has 28 heavy (non-hydrogen) atoms. The molecular formula is C20H16ClFN2O3S. The van der Waals surface area contributed by atoms with Crippen LogP contribution in [0.15, 0.2) is 54.9 Å². The Morgan fingerprint density at radius 3 is 2.71 bits per heavy atom. The van der Waals surface area contributed by atoms with E-state index in [-0.39, 0.29) is 36.8 Å². The van der Waals surface area contributed by atoms with Gasteiger partial charge in [0.2, 0.25) is 5.91 Å². The third-order valence-electron chi connectivity index (χ3n) is 3.78. The maximum absolute atomic E-state index is 14.2. The first-order valence-electron chi connectivity index (χ1n) is 8.43. The number of rotatable bonds is 8. The van der Waals surface area contributed by atoms with Crippen LogP contribution in [-0.2, 0) is 11.3 Å². The van der Waals surface area contributed by atoms with Crippen LogP contribution in [0.3, 0.4) is 0 Å². The Balaban J connectivity index is 1.48. The van der Waals surface area contributed by atoms with Crippen LogP contribution in [0, 0.1) is 5.82 Å². The second-order valence-electron chi connectivity index (χ2n) is 5.86. The van der Waals surface area contributed by atoms with E-state index in [1.807, 2.05) is 0 Å². The Kier molecular flexibility index (Phi) is 6.73. The summed E-state index contributed by atoms with van der Waals surface area (Å²) in [4.78, 5) is 28.3. The minimum Gasteiger partial charge on any atom is -0.453 e. The maximum atomic E-state index is 14.2. The fraction of sp³-hybridized carbons (Fsp3) is 0.150. The zero-order valence-electron chi connectivity index (χ0n) is 14.7. The first-order chi connectivity index (χ1) is 13.5. The summed E-state index contributed by atoms with van der Waals surface area (Å²) in [6.07, 6.45) is 3.23. The first kappa shape index (κ1) is 20.0. The Labute approximate surface area is 170 Å². The van der Waals surface area contributed by atoms with Gasteiger partial charge in [-0.25, -0.2) is 4.39 Å². The summed E-state index contributed by atoms with van der Waals surface area (Å²) in [5.74, 6) is -0.454. The van der Waals surface area contributed by atoms with Crippen molar-refractivity contribution in [2.24, 2.45) is 0 Å². The largest absolute Gasteiger partial charge is 0.453 e. The molecule has 1 N–H and O–H groups in total. The number of halogens is 2. The number of amides is 1. The van der Waals surface area contributed by atoms with Gasteiger partial charge in [-0.3, -0.25) is 14.6 Å². The molecule has 5 nitrogen and oxygen atoms in total. The number of thiophene rings is 1. The summed E-state index contributed by atoms with van der Waals surface area (Å²) in [6, 6.07) is 11.1. The summed E-state index contributed by atoms with van der Waals surface area (Å²) in [5, 5.41) is 2.68. The van der Waals surface area contributed by atoms with Crippen molar-refractivity contribution in [3.8, 4) is 11.5 Å². The molecule has 0 bridgehead atoms. The van der Waals surface area contributed by atoms with Crippen LogP contribution in [0.25, 0.3) is 0 Å². The Morgan fingerprint density at radius 1 is 1.18 bits per heavy atom. The van der Waals surface area contributed by atoms with Crippen LogP contribution in [0.1, 0.15) is 28.1 Å². The summed E-state index contributed by atoms with van der Waals surface area (Å²) >= 11 is 6.99. The number of hydrogen-bond acceptors (Lipinski definition) is 5. The predicted octanol–water partition coefficient (Wildman–Crippen LogP) is 5.01. The summed E-state index contributed by atoms with van der Waals surface area (Å²) < 4.78 is 20.2. The van der Waals surface area contributed by atoms with Gasteiger partial charge in [0, 0.05) is 25.6 Å². The van der Waals surface area contributed by atoms with Crippen LogP contribution < -0.4 is 10.1 Å². The number of nitrogens with zero attached hydrogens (tertiary/aromatic N) is 1. The molecule has 1 amide bonds. The highest BCUT2D eigenvalue weighted by atomic mass is 35.5. The lowest BCUT2D eigenvalue weighted by atomic mass is 10.1. The molecule has 2 aromatic heterocycles. The van der Waals surface area contributed by atoms with Crippen LogP contribution in [-0.4, -0.2) is 16.7 Å². The van der Waals surface area contributed by atoms with E-state index in [1.165, 1.54) is 29.7 Å². The third-order valence-corrected chi connectivity index (χ3v) is 5.05. The molecule has 2 heterocycles. The van der Waals surface area contributed by atoms with Crippen molar-refractivity contribution in [3.63, 3.8) is 0 Å². The molecule has 0 aliphatic heterocycles. The quantitative estimate of drug-likeness (QED) is 0.522. The maximum Gasteiger partial charge on any atom is 0.220 e. The van der Waals surface area contributed by atoms with E-state index in [0.29, 0.717) is 20.5 Å². The lowest BCUT2D eigenvalue weighted by Crippen LogP contribution is -2.23. The second kappa shape index (κ2) is 9.43. The van der Waals surface area contributed by atoms with Crippen LogP contribution in [0.2, 0.25) is 4.34 Å². The normalized spacial score (nSPS) is 10.5. The first-order valence-corrected chi connectivity index (χ1v) is 9.62. The number of nitrogens with one attached hydrogen (secondary N) is 1. The van der Waals surface area contributed by atoms with Gasteiger partial charge < -0.3 is 10.1 Å². The molecule has 1 aromatic carbocycles. The van der Waals surface area contributed by atoms with Crippen molar-refractivity contribution < 1.29 is 18.7 Å². The lowest BCUT2D eigenvalue weighted by Gasteiger charge is -2.09. The van der Waals surface area contributed by atoms with E-state index in [1.54, 1.807) is 36.5 Å². The molecular weight excluding hydrogens is 403 g/mol. The van der Waals surface area contributed by atoms with Crippen molar-refractivity contribution >= 4 is 34.6 Å². The Hall–Kier alpha value is -2.77. The number of carbonyl (C=O) groups is 2. The Bertz CT molecular complexity index is 979. The molecule has 8 heteroatoms. The van der Waals surface area contributed by atoms with Crippen molar-refractivity contribution in [1.29, 1.82) is 0 Å². The van der Waals surface area contributed by atoms with Crippen LogP contribution in [0.4, 0.5) is 4.39 Å². The number of pyridine rings is 1. The van der Waals surface area contributed by atoms with Gasteiger partial charge >= 0.3 is 0 Å². The van der Waals surface area contributed by atoms with Gasteiger partial charge in [-0.1, -0.05) is 17.7 Å². The topological polar surface area (TPSA) is 68.3 Å². The van der Waals surface area contributed by atoms with E-state index in [0.717, 1.165) is 0 Å². The Morgan fingerprint density at radius 2 is 2.04 bits per heavy atom. The van der Waals surface area contributed by atoms with Crippen molar-refractivity contribution in [2.45, 2.75) is 19.4 Å². The van der Waals surface area contributed by atoms with Crippen molar-refractivity contribution in [2.75, 3.05) is 0 Å². The fourth-order valence-electron chi connectivity index (χ4n) is 2.37. The molecule has 0 unspecified atom stereocenters. The average molecular weight is 419 g/mol. The van der Waals surface area contributed by atoms with Gasteiger partial charge in [-0.15, -0.1) is 11.3 Å². The van der Waals surface area contributed by atoms with Crippen LogP contribution in [0.5, 0.6) is 11.5 Å². The predicted molar refractivity (Wildman–Crippen MR) is 105 cm³/mol. The summed E-state index contributed by atoms with van der Waals surface area (Å²) in [5.41, 5.74) is 0.584. The van der Waals surface area contributed by atoms with Gasteiger partial charge in [-0.2, -0.15) is 0 Å². The number of aromatic nitrogens is 1. The highest BCUT2D eigenvalue weighted by Crippen LogP contribution is 2.25. The highest BCUT2D eigenvalue weighted by molar-refractivity contribution is 7.18. The standard InChI is InChI=1S/C20H16ClFN2O3S/c21-19-7-6-18(28-19)16(25)4-8-20(26)24-11-13-3-5-17(15(22)10-13)27-14-2-1-9-23-12-14/h1-3,5-7,9-10,12H,4,8,11H2,(H,24,26). The molecule has 0 saturated heterocycles. The van der Waals surface area contributed by atoms with Crippen LogP contribution >= 0.6 is 22.9 Å². The van der Waals surface area contributed by atoms with Crippen molar-refractivity contribution in [1.82, 2.24) is 10.3 Å². The molecule has 3 rings (SSSR count). The smallest absolute Gasteiger partial charge is 0.220 e. The zero-order valence-corrected chi connectivity index (χ0v) is 16.2. The second-order valence-corrected chi connectivity index (χ2v) is 7.57. The number of hydrogen-bond donors (Lipinski definition) is 1. The number of benzene rings is 1. The summed E-state index contributed by atoms with van der Waals surface area (Å²) in [6.45, 7) is 0.155. The number of Topliss-reactive ketones (excluding diaryl/α,β-unsaturated/α-hetero) is 1. The summed E-state index contributed by atoms with van der Waals surface area (Å²) in [7, 11) is 0. The van der Waals surface area contributed by atoms with E-state index < -0.39 is 5.82 Å². The average Bonchev–Trinajstić information content (AvgIpc) is 3.13. The zero-order chi connectivity index (χ0) is 19.9. The van der Waals surface area contributed by atoms with Gasteiger partial charge in [0.1, 0.15) is 5.75 Å². The van der Waals surface area contributed by atoms with E-state index in [4.69, 9.17) is 16.3 Å². The van der Waals surface area contributed by atoms with E-state index in [9.17, 15) is 14.0 Å². The molecule has 0 saturated carbocycles. The highest BCUT2D eigenvalue weighted by Gasteiger charge is 2.12. The fourth-order valence-corrected chi connectivity index (χ4v) is 3.39. The third kappa shape index (κ3) is 5.61. The van der Waals surface area contributed by atoms with Crippen molar-refractivity contribution in [3.05, 3.63) is 75.5 Å². The molecule has 144 valence electrons. The molecule has 0 radical (unpaired) electrons. The molecule has 0 atom stereocenters. The van der Waals surface area contributed by atoms with E-state index >= 15 is 0 Å². The monoisotopic (exact) mass is 418 g/mol. The number of carbonyl (C=O) groups excluding carboxylic acids is 2. The molecule has 0 spiro atoms. The number of ketones is 1. The van der Waals surface area contributed by atoms with Gasteiger partial charge in [-0.05, 0) is 42.0 Å². The minimum absolute atomic E-state index is 0.0546. The minimum atomic E-state index is -0.541. The van der Waals surface area contributed by atoms with Gasteiger partial charge in [0.05, 0.1) is 15.4 Å². The van der Waals surface area contributed by atoms with Gasteiger partial charge in [0.15, 0.2) is 17.3 Å². The number of ether oxygens (including phenoxy) is 1. The van der Waals surface area contributed by atoms with Gasteiger partial charge in [0.25, 0.3) is 0 Å². The molecule has 0 aliphatic rings.